The third kappa shape index (κ3) is 3.14. The SMILES string of the molecule is CCC(CC)C(=O)Nc1cc(Cl)ccc1-c1nn[nH]n1. The third-order valence-electron chi connectivity index (χ3n) is 3.18. The van der Waals surface area contributed by atoms with Crippen LogP contribution in [0.2, 0.25) is 5.02 Å². The van der Waals surface area contributed by atoms with Crippen LogP contribution in [0.4, 0.5) is 5.69 Å². The van der Waals surface area contributed by atoms with E-state index in [0.717, 1.165) is 12.8 Å². The van der Waals surface area contributed by atoms with Gasteiger partial charge in [0, 0.05) is 16.5 Å². The van der Waals surface area contributed by atoms with Gasteiger partial charge in [-0.15, -0.1) is 10.2 Å². The number of nitrogens with one attached hydrogen (secondary N) is 2. The number of aromatic nitrogens is 4. The summed E-state index contributed by atoms with van der Waals surface area (Å²) < 4.78 is 0. The first kappa shape index (κ1) is 14.5. The first-order valence-electron chi connectivity index (χ1n) is 6.49. The molecule has 2 aromatic rings. The molecule has 0 fully saturated rings. The molecule has 1 aromatic carbocycles. The second kappa shape index (κ2) is 6.47. The average Bonchev–Trinajstić information content (AvgIpc) is 2.94. The largest absolute Gasteiger partial charge is 0.325 e. The highest BCUT2D eigenvalue weighted by molar-refractivity contribution is 6.31. The Bertz CT molecular complexity index is 580. The third-order valence-corrected chi connectivity index (χ3v) is 3.42. The van der Waals surface area contributed by atoms with Gasteiger partial charge in [0.1, 0.15) is 0 Å². The summed E-state index contributed by atoms with van der Waals surface area (Å²) in [7, 11) is 0. The lowest BCUT2D eigenvalue weighted by molar-refractivity contribution is -0.120. The smallest absolute Gasteiger partial charge is 0.227 e. The molecule has 0 bridgehead atoms. The van der Waals surface area contributed by atoms with Crippen LogP contribution in [-0.2, 0) is 4.79 Å². The maximum Gasteiger partial charge on any atom is 0.227 e. The van der Waals surface area contributed by atoms with Crippen LogP contribution >= 0.6 is 11.6 Å². The van der Waals surface area contributed by atoms with E-state index < -0.39 is 0 Å². The number of halogens is 1. The van der Waals surface area contributed by atoms with Crippen LogP contribution in [0.1, 0.15) is 26.7 Å². The van der Waals surface area contributed by atoms with Gasteiger partial charge in [0.05, 0.1) is 5.69 Å². The predicted octanol–water partition coefficient (Wildman–Crippen LogP) is 2.89. The molecule has 0 aliphatic heterocycles. The summed E-state index contributed by atoms with van der Waals surface area (Å²) in [4.78, 5) is 12.2. The topological polar surface area (TPSA) is 83.6 Å². The van der Waals surface area contributed by atoms with Crippen molar-refractivity contribution in [3.8, 4) is 11.4 Å². The van der Waals surface area contributed by atoms with Gasteiger partial charge < -0.3 is 5.32 Å². The summed E-state index contributed by atoms with van der Waals surface area (Å²) in [6.45, 7) is 3.98. The highest BCUT2D eigenvalue weighted by Crippen LogP contribution is 2.28. The maximum absolute atomic E-state index is 12.2. The van der Waals surface area contributed by atoms with E-state index in [0.29, 0.717) is 22.1 Å². The molecule has 106 valence electrons. The standard InChI is InChI=1S/C13H16ClN5O/c1-3-8(4-2)13(20)15-11-7-9(14)5-6-10(11)12-16-18-19-17-12/h5-8H,3-4H2,1-2H3,(H,15,20)(H,16,17,18,19). The van der Waals surface area contributed by atoms with Crippen molar-refractivity contribution >= 4 is 23.2 Å². The van der Waals surface area contributed by atoms with Crippen LogP contribution in [0.15, 0.2) is 18.2 Å². The molecule has 20 heavy (non-hydrogen) atoms. The highest BCUT2D eigenvalue weighted by atomic mass is 35.5. The molecular formula is C13H16ClN5O. The van der Waals surface area contributed by atoms with Gasteiger partial charge in [0.25, 0.3) is 0 Å². The van der Waals surface area contributed by atoms with E-state index in [4.69, 9.17) is 11.6 Å². The Morgan fingerprint density at radius 3 is 2.75 bits per heavy atom. The fourth-order valence-electron chi connectivity index (χ4n) is 1.99. The van der Waals surface area contributed by atoms with Crippen LogP contribution in [0.5, 0.6) is 0 Å². The lowest BCUT2D eigenvalue weighted by Gasteiger charge is -2.14. The van der Waals surface area contributed by atoms with E-state index in [1.807, 2.05) is 13.8 Å². The quantitative estimate of drug-likeness (QED) is 0.888. The van der Waals surface area contributed by atoms with Gasteiger partial charge in [-0.2, -0.15) is 5.21 Å². The number of aromatic amines is 1. The molecule has 1 aromatic heterocycles. The lowest BCUT2D eigenvalue weighted by atomic mass is 10.0. The minimum Gasteiger partial charge on any atom is -0.325 e. The molecule has 0 aliphatic carbocycles. The molecule has 6 nitrogen and oxygen atoms in total. The summed E-state index contributed by atoms with van der Waals surface area (Å²) in [5, 5.41) is 17.2. The van der Waals surface area contributed by atoms with Gasteiger partial charge in [-0.25, -0.2) is 0 Å². The van der Waals surface area contributed by atoms with E-state index in [9.17, 15) is 4.79 Å². The van der Waals surface area contributed by atoms with Gasteiger partial charge in [0.2, 0.25) is 11.7 Å². The van der Waals surface area contributed by atoms with Crippen molar-refractivity contribution in [3.63, 3.8) is 0 Å². The summed E-state index contributed by atoms with van der Waals surface area (Å²) in [6.07, 6.45) is 1.58. The predicted molar refractivity (Wildman–Crippen MR) is 77.3 cm³/mol. The molecule has 0 atom stereocenters. The Hall–Kier alpha value is -1.95. The zero-order valence-electron chi connectivity index (χ0n) is 11.4. The summed E-state index contributed by atoms with van der Waals surface area (Å²) >= 11 is 5.99. The summed E-state index contributed by atoms with van der Waals surface area (Å²) in [5.41, 5.74) is 1.28. The number of hydrogen-bond donors (Lipinski definition) is 2. The summed E-state index contributed by atoms with van der Waals surface area (Å²) in [5.74, 6) is 0.371. The number of hydrogen-bond acceptors (Lipinski definition) is 4. The minimum atomic E-state index is -0.0259. The van der Waals surface area contributed by atoms with Crippen molar-refractivity contribution < 1.29 is 4.79 Å². The molecular weight excluding hydrogens is 278 g/mol. The fourth-order valence-corrected chi connectivity index (χ4v) is 2.16. The number of amides is 1. The molecule has 2 rings (SSSR count). The molecule has 0 aliphatic rings. The van der Waals surface area contributed by atoms with E-state index in [-0.39, 0.29) is 11.8 Å². The molecule has 1 amide bonds. The normalized spacial score (nSPS) is 10.8. The summed E-state index contributed by atoms with van der Waals surface area (Å²) in [6, 6.07) is 5.17. The van der Waals surface area contributed by atoms with E-state index in [1.54, 1.807) is 18.2 Å². The number of rotatable bonds is 5. The molecule has 7 heteroatoms. The van der Waals surface area contributed by atoms with Crippen molar-refractivity contribution in [2.45, 2.75) is 26.7 Å². The van der Waals surface area contributed by atoms with Crippen molar-refractivity contribution in [1.29, 1.82) is 0 Å². The van der Waals surface area contributed by atoms with Crippen molar-refractivity contribution in [2.75, 3.05) is 5.32 Å². The number of carbonyl (C=O) groups excluding carboxylic acids is 1. The van der Waals surface area contributed by atoms with Crippen LogP contribution in [0, 0.1) is 5.92 Å². The van der Waals surface area contributed by atoms with Crippen LogP contribution in [-0.4, -0.2) is 26.5 Å². The Balaban J connectivity index is 2.31. The molecule has 0 saturated heterocycles. The van der Waals surface area contributed by atoms with Gasteiger partial charge in [-0.3, -0.25) is 4.79 Å². The van der Waals surface area contributed by atoms with E-state index in [2.05, 4.69) is 25.9 Å². The van der Waals surface area contributed by atoms with Crippen LogP contribution < -0.4 is 5.32 Å². The first-order valence-corrected chi connectivity index (χ1v) is 6.87. The average molecular weight is 294 g/mol. The number of carbonyl (C=O) groups is 1. The molecule has 0 radical (unpaired) electrons. The van der Waals surface area contributed by atoms with Crippen molar-refractivity contribution in [1.82, 2.24) is 20.6 Å². The van der Waals surface area contributed by atoms with Crippen molar-refractivity contribution in [3.05, 3.63) is 23.2 Å². The zero-order valence-corrected chi connectivity index (χ0v) is 12.1. The van der Waals surface area contributed by atoms with Crippen LogP contribution in [0.3, 0.4) is 0 Å². The van der Waals surface area contributed by atoms with Gasteiger partial charge >= 0.3 is 0 Å². The fraction of sp³-hybridized carbons (Fsp3) is 0.385. The number of benzene rings is 1. The number of anilines is 1. The van der Waals surface area contributed by atoms with Crippen molar-refractivity contribution in [2.24, 2.45) is 5.92 Å². The van der Waals surface area contributed by atoms with Gasteiger partial charge in [-0.05, 0) is 36.3 Å². The van der Waals surface area contributed by atoms with E-state index >= 15 is 0 Å². The van der Waals surface area contributed by atoms with E-state index in [1.165, 1.54) is 0 Å². The van der Waals surface area contributed by atoms with Crippen LogP contribution in [0.25, 0.3) is 11.4 Å². The maximum atomic E-state index is 12.2. The highest BCUT2D eigenvalue weighted by Gasteiger charge is 2.17. The molecule has 1 heterocycles. The minimum absolute atomic E-state index is 0.0212. The Kier molecular flexibility index (Phi) is 4.68. The second-order valence-electron chi connectivity index (χ2n) is 4.43. The molecule has 0 unspecified atom stereocenters. The van der Waals surface area contributed by atoms with Gasteiger partial charge in [0.15, 0.2) is 0 Å². The second-order valence-corrected chi connectivity index (χ2v) is 4.86. The Morgan fingerprint density at radius 1 is 1.40 bits per heavy atom. The monoisotopic (exact) mass is 293 g/mol. The van der Waals surface area contributed by atoms with Gasteiger partial charge in [-0.1, -0.05) is 25.4 Å². The molecule has 2 N–H and O–H groups in total. The zero-order chi connectivity index (χ0) is 14.5. The molecule has 0 saturated carbocycles. The Morgan fingerprint density at radius 2 is 2.15 bits per heavy atom. The number of nitrogens with zero attached hydrogens (tertiary/aromatic N) is 3. The number of H-pyrrole nitrogens is 1. The lowest BCUT2D eigenvalue weighted by Crippen LogP contribution is -2.22. The first-order chi connectivity index (χ1) is 9.65. The Labute approximate surface area is 121 Å². The molecule has 0 spiro atoms. The number of tetrazole rings is 1.